The second-order valence-corrected chi connectivity index (χ2v) is 3.85. The van der Waals surface area contributed by atoms with E-state index in [0.717, 1.165) is 0 Å². The highest BCUT2D eigenvalue weighted by atomic mass is 16.5. The van der Waals surface area contributed by atoms with Gasteiger partial charge in [0.15, 0.2) is 5.54 Å². The van der Waals surface area contributed by atoms with E-state index in [9.17, 15) is 9.59 Å². The van der Waals surface area contributed by atoms with Crippen molar-refractivity contribution in [1.82, 2.24) is 5.32 Å². The third kappa shape index (κ3) is 1.38. The Hall–Kier alpha value is -1.84. The van der Waals surface area contributed by atoms with Crippen molar-refractivity contribution in [2.45, 2.75) is 19.4 Å². The van der Waals surface area contributed by atoms with Crippen LogP contribution in [-0.4, -0.2) is 18.5 Å². The lowest BCUT2D eigenvalue weighted by Gasteiger charge is -2.22. The lowest BCUT2D eigenvalue weighted by molar-refractivity contribution is -0.150. The molecule has 0 saturated carbocycles. The van der Waals surface area contributed by atoms with E-state index in [1.807, 2.05) is 0 Å². The number of rotatable bonds is 2. The largest absolute Gasteiger partial charge is 0.464 e. The molecule has 1 aromatic rings. The SMILES string of the molecule is CCOC(=O)[C@@]1(C)NC(=O)c2ccccc21. The van der Waals surface area contributed by atoms with Crippen molar-refractivity contribution in [3.05, 3.63) is 35.4 Å². The van der Waals surface area contributed by atoms with E-state index in [2.05, 4.69) is 5.32 Å². The number of carbonyl (C=O) groups is 2. The Morgan fingerprint density at radius 2 is 2.12 bits per heavy atom. The summed E-state index contributed by atoms with van der Waals surface area (Å²) in [5, 5.41) is 2.67. The van der Waals surface area contributed by atoms with Gasteiger partial charge in [-0.05, 0) is 19.9 Å². The van der Waals surface area contributed by atoms with Crippen LogP contribution >= 0.6 is 0 Å². The molecule has 0 aliphatic carbocycles. The van der Waals surface area contributed by atoms with Gasteiger partial charge >= 0.3 is 5.97 Å². The summed E-state index contributed by atoms with van der Waals surface area (Å²) in [6, 6.07) is 7.05. The van der Waals surface area contributed by atoms with Crippen molar-refractivity contribution >= 4 is 11.9 Å². The lowest BCUT2D eigenvalue weighted by Crippen LogP contribution is -2.44. The van der Waals surface area contributed by atoms with Crippen LogP contribution in [0.1, 0.15) is 29.8 Å². The van der Waals surface area contributed by atoms with E-state index >= 15 is 0 Å². The Bertz CT molecular complexity index is 455. The monoisotopic (exact) mass is 219 g/mol. The molecular weight excluding hydrogens is 206 g/mol. The molecule has 0 fully saturated rings. The minimum atomic E-state index is -1.05. The summed E-state index contributed by atoms with van der Waals surface area (Å²) in [6.45, 7) is 3.70. The van der Waals surface area contributed by atoms with Crippen LogP contribution in [-0.2, 0) is 15.1 Å². The van der Waals surface area contributed by atoms with Crippen LogP contribution in [0.15, 0.2) is 24.3 Å². The van der Waals surface area contributed by atoms with Crippen molar-refractivity contribution in [1.29, 1.82) is 0 Å². The molecule has 0 saturated heterocycles. The van der Waals surface area contributed by atoms with Crippen molar-refractivity contribution in [3.8, 4) is 0 Å². The second-order valence-electron chi connectivity index (χ2n) is 3.85. The molecule has 4 heteroatoms. The zero-order valence-electron chi connectivity index (χ0n) is 9.24. The summed E-state index contributed by atoms with van der Waals surface area (Å²) in [7, 11) is 0. The van der Waals surface area contributed by atoms with E-state index in [0.29, 0.717) is 17.7 Å². The molecule has 16 heavy (non-hydrogen) atoms. The van der Waals surface area contributed by atoms with Crippen LogP contribution < -0.4 is 5.32 Å². The molecule has 0 aromatic heterocycles. The maximum atomic E-state index is 11.8. The number of benzene rings is 1. The number of esters is 1. The number of carbonyl (C=O) groups excluding carboxylic acids is 2. The standard InChI is InChI=1S/C12H13NO3/c1-3-16-11(15)12(2)9-7-5-4-6-8(9)10(14)13-12/h4-7H,3H2,1-2H3,(H,13,14)/t12-/m0/s1. The first-order chi connectivity index (χ1) is 7.59. The lowest BCUT2D eigenvalue weighted by atomic mass is 9.93. The Morgan fingerprint density at radius 3 is 2.81 bits per heavy atom. The number of amides is 1. The molecule has 0 unspecified atom stereocenters. The van der Waals surface area contributed by atoms with Gasteiger partial charge in [-0.3, -0.25) is 4.79 Å². The second kappa shape index (κ2) is 3.63. The van der Waals surface area contributed by atoms with Crippen LogP contribution in [0, 0.1) is 0 Å². The van der Waals surface area contributed by atoms with Crippen LogP contribution in [0.3, 0.4) is 0 Å². The van der Waals surface area contributed by atoms with Crippen molar-refractivity contribution < 1.29 is 14.3 Å². The Balaban J connectivity index is 2.46. The molecule has 1 N–H and O–H groups in total. The minimum absolute atomic E-state index is 0.230. The maximum absolute atomic E-state index is 11.8. The van der Waals surface area contributed by atoms with Crippen molar-refractivity contribution in [2.75, 3.05) is 6.61 Å². The number of nitrogens with one attached hydrogen (secondary N) is 1. The van der Waals surface area contributed by atoms with Gasteiger partial charge in [0, 0.05) is 11.1 Å². The maximum Gasteiger partial charge on any atom is 0.336 e. The van der Waals surface area contributed by atoms with E-state index in [4.69, 9.17) is 4.74 Å². The van der Waals surface area contributed by atoms with Gasteiger partial charge < -0.3 is 10.1 Å². The predicted molar refractivity (Wildman–Crippen MR) is 57.9 cm³/mol. The Morgan fingerprint density at radius 1 is 1.44 bits per heavy atom. The Labute approximate surface area is 93.6 Å². The van der Waals surface area contributed by atoms with E-state index < -0.39 is 11.5 Å². The molecule has 4 nitrogen and oxygen atoms in total. The summed E-state index contributed by atoms with van der Waals surface area (Å²) in [4.78, 5) is 23.5. The zero-order valence-corrected chi connectivity index (χ0v) is 9.24. The molecular formula is C12H13NO3. The fraction of sp³-hybridized carbons (Fsp3) is 0.333. The first-order valence-electron chi connectivity index (χ1n) is 5.19. The fourth-order valence-electron chi connectivity index (χ4n) is 1.92. The number of hydrogen-bond acceptors (Lipinski definition) is 3. The van der Waals surface area contributed by atoms with E-state index in [1.165, 1.54) is 0 Å². The highest BCUT2D eigenvalue weighted by Crippen LogP contribution is 2.31. The third-order valence-electron chi connectivity index (χ3n) is 2.76. The number of hydrogen-bond donors (Lipinski definition) is 1. The first kappa shape index (κ1) is 10.7. The summed E-state index contributed by atoms with van der Waals surface area (Å²) in [5.74, 6) is -0.653. The highest BCUT2D eigenvalue weighted by Gasteiger charge is 2.45. The molecule has 1 heterocycles. The third-order valence-corrected chi connectivity index (χ3v) is 2.76. The first-order valence-corrected chi connectivity index (χ1v) is 5.19. The molecule has 84 valence electrons. The number of fused-ring (bicyclic) bond motifs is 1. The molecule has 1 aliphatic heterocycles. The highest BCUT2D eigenvalue weighted by molar-refractivity contribution is 6.05. The molecule has 2 rings (SSSR count). The van der Waals surface area contributed by atoms with Gasteiger partial charge in [-0.15, -0.1) is 0 Å². The van der Waals surface area contributed by atoms with Gasteiger partial charge in [0.1, 0.15) is 0 Å². The molecule has 1 aromatic carbocycles. The van der Waals surface area contributed by atoms with Crippen LogP contribution in [0.5, 0.6) is 0 Å². The van der Waals surface area contributed by atoms with Gasteiger partial charge in [0.2, 0.25) is 0 Å². The van der Waals surface area contributed by atoms with Gasteiger partial charge in [-0.1, -0.05) is 18.2 Å². The predicted octanol–water partition coefficient (Wildman–Crippen LogP) is 1.21. The van der Waals surface area contributed by atoms with Crippen molar-refractivity contribution in [3.63, 3.8) is 0 Å². The summed E-state index contributed by atoms with van der Waals surface area (Å²) < 4.78 is 4.98. The summed E-state index contributed by atoms with van der Waals surface area (Å²) in [6.07, 6.45) is 0. The molecule has 1 aliphatic rings. The van der Waals surface area contributed by atoms with Gasteiger partial charge in [0.25, 0.3) is 5.91 Å². The van der Waals surface area contributed by atoms with Gasteiger partial charge in [-0.25, -0.2) is 4.79 Å². The average Bonchev–Trinajstić information content (AvgIpc) is 2.54. The van der Waals surface area contributed by atoms with Gasteiger partial charge in [-0.2, -0.15) is 0 Å². The van der Waals surface area contributed by atoms with Gasteiger partial charge in [0.05, 0.1) is 6.61 Å². The van der Waals surface area contributed by atoms with E-state index in [-0.39, 0.29) is 5.91 Å². The summed E-state index contributed by atoms with van der Waals surface area (Å²) >= 11 is 0. The molecule has 1 amide bonds. The average molecular weight is 219 g/mol. The summed E-state index contributed by atoms with van der Waals surface area (Å²) in [5.41, 5.74) is 0.167. The van der Waals surface area contributed by atoms with Crippen LogP contribution in [0.4, 0.5) is 0 Å². The minimum Gasteiger partial charge on any atom is -0.464 e. The van der Waals surface area contributed by atoms with Crippen LogP contribution in [0.25, 0.3) is 0 Å². The van der Waals surface area contributed by atoms with E-state index in [1.54, 1.807) is 38.1 Å². The molecule has 1 atom stereocenters. The number of ether oxygens (including phenoxy) is 1. The molecule has 0 bridgehead atoms. The quantitative estimate of drug-likeness (QED) is 0.760. The normalized spacial score (nSPS) is 22.5. The van der Waals surface area contributed by atoms with Crippen molar-refractivity contribution in [2.24, 2.45) is 0 Å². The topological polar surface area (TPSA) is 55.4 Å². The Kier molecular flexibility index (Phi) is 2.42. The fourth-order valence-corrected chi connectivity index (χ4v) is 1.92. The zero-order chi connectivity index (χ0) is 11.8. The smallest absolute Gasteiger partial charge is 0.336 e. The molecule has 0 radical (unpaired) electrons. The molecule has 0 spiro atoms. The van der Waals surface area contributed by atoms with Crippen LogP contribution in [0.2, 0.25) is 0 Å².